The van der Waals surface area contributed by atoms with Crippen LogP contribution in [0.5, 0.6) is 5.75 Å². The number of carboxylic acid groups (broad SMARTS) is 1. The van der Waals surface area contributed by atoms with Gasteiger partial charge in [-0.3, -0.25) is 9.69 Å². The highest BCUT2D eigenvalue weighted by molar-refractivity contribution is 7.14. The number of hydrogen-bond acceptors (Lipinski definition) is 7. The Morgan fingerprint density at radius 3 is 2.72 bits per heavy atom. The Labute approximate surface area is 174 Å². The minimum absolute atomic E-state index is 0.550. The van der Waals surface area contributed by atoms with E-state index in [1.807, 2.05) is 18.2 Å². The molecular formula is C21H26N4O3S. The Bertz CT molecular complexity index is 945. The molecule has 1 aromatic carbocycles. The molecule has 4 rings (SSSR count). The molecule has 7 nitrogen and oxygen atoms in total. The lowest BCUT2D eigenvalue weighted by Gasteiger charge is -2.38. The molecule has 0 aliphatic carbocycles. The molecule has 2 aromatic rings. The summed E-state index contributed by atoms with van der Waals surface area (Å²) in [6.45, 7) is 7.36. The first-order chi connectivity index (χ1) is 13.9. The van der Waals surface area contributed by atoms with E-state index in [1.54, 1.807) is 32.3 Å². The first kappa shape index (κ1) is 19.7. The Hall–Kier alpha value is -2.58. The van der Waals surface area contributed by atoms with Crippen molar-refractivity contribution in [3.8, 4) is 5.75 Å². The van der Waals surface area contributed by atoms with E-state index in [4.69, 9.17) is 9.73 Å². The minimum atomic E-state index is -0.757. The highest BCUT2D eigenvalue weighted by Crippen LogP contribution is 2.39. The fourth-order valence-corrected chi connectivity index (χ4v) is 4.50. The van der Waals surface area contributed by atoms with E-state index in [0.717, 1.165) is 59.7 Å². The van der Waals surface area contributed by atoms with Gasteiger partial charge in [0.1, 0.15) is 16.6 Å². The summed E-state index contributed by atoms with van der Waals surface area (Å²) in [7, 11) is 1.66. The number of hydrogen-bond donors (Lipinski definition) is 2. The number of carboxylic acids is 1. The number of fused-ring (bicyclic) bond motifs is 2. The van der Waals surface area contributed by atoms with Crippen molar-refractivity contribution < 1.29 is 14.6 Å². The SMILES string of the molecule is COc1ccc2c(c1)N=C(N1CCN(CC(C)(C)C(=O)O)CC1)c1ccsc1N2. The zero-order valence-electron chi connectivity index (χ0n) is 16.9. The number of amidine groups is 1. The Kier molecular flexibility index (Phi) is 5.23. The molecule has 0 atom stereocenters. The molecule has 0 radical (unpaired) electrons. The Morgan fingerprint density at radius 2 is 2.03 bits per heavy atom. The lowest BCUT2D eigenvalue weighted by Crippen LogP contribution is -2.52. The number of aliphatic carboxylic acids is 1. The third-order valence-electron chi connectivity index (χ3n) is 5.46. The van der Waals surface area contributed by atoms with Gasteiger partial charge in [-0.1, -0.05) is 0 Å². The minimum Gasteiger partial charge on any atom is -0.497 e. The molecule has 0 amide bonds. The van der Waals surface area contributed by atoms with Gasteiger partial charge >= 0.3 is 5.97 Å². The van der Waals surface area contributed by atoms with Crippen LogP contribution in [0, 0.1) is 5.41 Å². The van der Waals surface area contributed by atoms with Gasteiger partial charge in [-0.05, 0) is 37.4 Å². The fourth-order valence-electron chi connectivity index (χ4n) is 3.70. The van der Waals surface area contributed by atoms with Gasteiger partial charge in [0.25, 0.3) is 0 Å². The highest BCUT2D eigenvalue weighted by atomic mass is 32.1. The molecule has 2 aliphatic heterocycles. The average Bonchev–Trinajstić information content (AvgIpc) is 3.09. The Balaban J connectivity index is 1.57. The summed E-state index contributed by atoms with van der Waals surface area (Å²) in [5, 5.41) is 16.1. The topological polar surface area (TPSA) is 77.4 Å². The van der Waals surface area contributed by atoms with Crippen molar-refractivity contribution in [3.05, 3.63) is 35.2 Å². The first-order valence-corrected chi connectivity index (χ1v) is 10.6. The van der Waals surface area contributed by atoms with E-state index in [2.05, 4.69) is 26.6 Å². The third kappa shape index (κ3) is 3.95. The number of nitrogens with one attached hydrogen (secondary N) is 1. The number of nitrogens with zero attached hydrogens (tertiary/aromatic N) is 3. The van der Waals surface area contributed by atoms with Crippen molar-refractivity contribution in [1.82, 2.24) is 9.80 Å². The van der Waals surface area contributed by atoms with Crippen LogP contribution >= 0.6 is 11.3 Å². The van der Waals surface area contributed by atoms with Gasteiger partial charge in [0.2, 0.25) is 0 Å². The molecule has 29 heavy (non-hydrogen) atoms. The molecule has 3 heterocycles. The van der Waals surface area contributed by atoms with Gasteiger partial charge in [0.15, 0.2) is 0 Å². The molecule has 2 aliphatic rings. The summed E-state index contributed by atoms with van der Waals surface area (Å²) >= 11 is 1.67. The van der Waals surface area contributed by atoms with E-state index < -0.39 is 11.4 Å². The summed E-state index contributed by atoms with van der Waals surface area (Å²) in [5.74, 6) is 0.977. The van der Waals surface area contributed by atoms with Crippen molar-refractivity contribution >= 4 is 39.5 Å². The number of thiophene rings is 1. The molecule has 1 aromatic heterocycles. The summed E-state index contributed by atoms with van der Waals surface area (Å²) < 4.78 is 5.38. The second kappa shape index (κ2) is 7.68. The molecule has 154 valence electrons. The normalized spacial score (nSPS) is 16.9. The fraction of sp³-hybridized carbons (Fsp3) is 0.429. The van der Waals surface area contributed by atoms with Crippen LogP contribution in [-0.2, 0) is 4.79 Å². The van der Waals surface area contributed by atoms with E-state index in [9.17, 15) is 9.90 Å². The van der Waals surface area contributed by atoms with Crippen LogP contribution in [0.1, 0.15) is 19.4 Å². The molecule has 1 fully saturated rings. The average molecular weight is 415 g/mol. The summed E-state index contributed by atoms with van der Waals surface area (Å²) in [6.07, 6.45) is 0. The maximum Gasteiger partial charge on any atom is 0.310 e. The zero-order valence-corrected chi connectivity index (χ0v) is 17.8. The van der Waals surface area contributed by atoms with Crippen LogP contribution in [0.2, 0.25) is 0 Å². The molecular weight excluding hydrogens is 388 g/mol. The number of aliphatic imine (C=N–C) groups is 1. The predicted octanol–water partition coefficient (Wildman–Crippen LogP) is 3.62. The number of rotatable bonds is 4. The zero-order chi connectivity index (χ0) is 20.6. The molecule has 8 heteroatoms. The van der Waals surface area contributed by atoms with Crippen LogP contribution < -0.4 is 10.1 Å². The number of carbonyl (C=O) groups is 1. The van der Waals surface area contributed by atoms with Crippen molar-refractivity contribution in [2.45, 2.75) is 13.8 Å². The molecule has 0 spiro atoms. The highest BCUT2D eigenvalue weighted by Gasteiger charge is 2.32. The molecule has 0 saturated carbocycles. The molecule has 0 unspecified atom stereocenters. The van der Waals surface area contributed by atoms with Crippen molar-refractivity contribution in [3.63, 3.8) is 0 Å². The lowest BCUT2D eigenvalue weighted by molar-refractivity contribution is -0.148. The molecule has 0 bridgehead atoms. The van der Waals surface area contributed by atoms with Gasteiger partial charge in [0, 0.05) is 38.8 Å². The van der Waals surface area contributed by atoms with Crippen LogP contribution in [-0.4, -0.2) is 66.5 Å². The van der Waals surface area contributed by atoms with Gasteiger partial charge < -0.3 is 20.1 Å². The number of anilines is 2. The molecule has 1 saturated heterocycles. The van der Waals surface area contributed by atoms with E-state index in [-0.39, 0.29) is 0 Å². The number of benzene rings is 1. The third-order valence-corrected chi connectivity index (χ3v) is 6.29. The van der Waals surface area contributed by atoms with E-state index >= 15 is 0 Å². The van der Waals surface area contributed by atoms with Crippen LogP contribution in [0.15, 0.2) is 34.6 Å². The largest absolute Gasteiger partial charge is 0.497 e. The number of ether oxygens (including phenoxy) is 1. The van der Waals surface area contributed by atoms with Gasteiger partial charge in [-0.15, -0.1) is 11.3 Å². The lowest BCUT2D eigenvalue weighted by atomic mass is 9.93. The summed E-state index contributed by atoms with van der Waals surface area (Å²) in [4.78, 5) is 21.0. The second-order valence-electron chi connectivity index (χ2n) is 8.06. The number of piperazine rings is 1. The number of methoxy groups -OCH3 is 1. The monoisotopic (exact) mass is 414 g/mol. The maximum atomic E-state index is 11.4. The summed E-state index contributed by atoms with van der Waals surface area (Å²) in [6, 6.07) is 7.98. The quantitative estimate of drug-likeness (QED) is 0.796. The van der Waals surface area contributed by atoms with Crippen LogP contribution in [0.25, 0.3) is 0 Å². The maximum absolute atomic E-state index is 11.4. The first-order valence-electron chi connectivity index (χ1n) is 9.70. The Morgan fingerprint density at radius 1 is 1.28 bits per heavy atom. The van der Waals surface area contributed by atoms with Gasteiger partial charge in [-0.2, -0.15) is 0 Å². The van der Waals surface area contributed by atoms with E-state index in [0.29, 0.717) is 6.54 Å². The van der Waals surface area contributed by atoms with Crippen molar-refractivity contribution in [2.75, 3.05) is 45.2 Å². The van der Waals surface area contributed by atoms with Crippen LogP contribution in [0.3, 0.4) is 0 Å². The predicted molar refractivity (Wildman–Crippen MR) is 116 cm³/mol. The van der Waals surface area contributed by atoms with E-state index in [1.165, 1.54) is 0 Å². The van der Waals surface area contributed by atoms with Gasteiger partial charge in [-0.25, -0.2) is 4.99 Å². The van der Waals surface area contributed by atoms with Crippen molar-refractivity contribution in [2.24, 2.45) is 10.4 Å². The smallest absolute Gasteiger partial charge is 0.310 e. The van der Waals surface area contributed by atoms with Gasteiger partial charge in [0.05, 0.1) is 29.5 Å². The standard InChI is InChI=1S/C21H26N4O3S/c1-21(2,20(26)27)13-24-7-9-25(10-8-24)18-15-6-11-29-19(15)23-16-5-4-14(28-3)12-17(16)22-18/h4-6,11-12,23H,7-10,13H2,1-3H3,(H,26,27). The van der Waals surface area contributed by atoms with Crippen LogP contribution in [0.4, 0.5) is 16.4 Å². The second-order valence-corrected chi connectivity index (χ2v) is 8.98. The van der Waals surface area contributed by atoms with Crippen molar-refractivity contribution in [1.29, 1.82) is 0 Å². The summed E-state index contributed by atoms with van der Waals surface area (Å²) in [5.41, 5.74) is 2.18. The molecule has 2 N–H and O–H groups in total.